The van der Waals surface area contributed by atoms with Gasteiger partial charge in [0.2, 0.25) is 0 Å². The fourth-order valence-electron chi connectivity index (χ4n) is 4.14. The molecule has 3 aromatic rings. The van der Waals surface area contributed by atoms with Crippen LogP contribution in [-0.2, 0) is 33.2 Å². The minimum atomic E-state index is -0.877. The van der Waals surface area contributed by atoms with Gasteiger partial charge in [0.25, 0.3) is 0 Å². The third-order valence-electron chi connectivity index (χ3n) is 6.25. The summed E-state index contributed by atoms with van der Waals surface area (Å²) < 4.78 is 36.9. The second kappa shape index (κ2) is 27.5. The van der Waals surface area contributed by atoms with Gasteiger partial charge < -0.3 is 33.2 Å². The van der Waals surface area contributed by atoms with Crippen molar-refractivity contribution >= 4 is 24.4 Å². The average molecular weight is 635 g/mol. The van der Waals surface area contributed by atoms with Gasteiger partial charge >= 0.3 is 51.4 Å². The van der Waals surface area contributed by atoms with Crippen LogP contribution in [0.2, 0.25) is 0 Å². The molecule has 0 bridgehead atoms. The normalized spacial score (nSPS) is 17.3. The van der Waals surface area contributed by atoms with Crippen LogP contribution in [0.5, 0.6) is 0 Å². The molecule has 0 unspecified atom stereocenters. The molecule has 2 aliphatic heterocycles. The first-order valence-corrected chi connectivity index (χ1v) is 16.5. The van der Waals surface area contributed by atoms with Crippen LogP contribution in [0, 0.1) is 0 Å². The first kappa shape index (κ1) is 38.4. The van der Waals surface area contributed by atoms with Gasteiger partial charge in [-0.3, -0.25) is 0 Å². The molecule has 0 atom stereocenters. The van der Waals surface area contributed by atoms with E-state index < -0.39 is 8.80 Å². The maximum absolute atomic E-state index is 5.33. The predicted molar refractivity (Wildman–Crippen MR) is 169 cm³/mol. The molecule has 0 radical (unpaired) electrons. The number of hydrogen-bond acceptors (Lipinski definition) is 7. The van der Waals surface area contributed by atoms with E-state index in [1.165, 1.54) is 28.4 Å². The van der Waals surface area contributed by atoms with Crippen molar-refractivity contribution in [3.05, 3.63) is 91.0 Å². The van der Waals surface area contributed by atoms with Gasteiger partial charge in [0.05, 0.1) is 79.3 Å². The van der Waals surface area contributed by atoms with Crippen molar-refractivity contribution in [1.82, 2.24) is 0 Å². The zero-order chi connectivity index (χ0) is 29.2. The molecule has 0 N–H and O–H groups in total. The van der Waals surface area contributed by atoms with Gasteiger partial charge in [-0.05, 0) is 12.8 Å². The Morgan fingerprint density at radius 3 is 0.698 bits per heavy atom. The molecule has 0 spiro atoms. The van der Waals surface area contributed by atoms with Crippen LogP contribution in [0.1, 0.15) is 12.8 Å². The smallest absolute Gasteiger partial charge is 0.381 e. The fourth-order valence-corrected chi connectivity index (χ4v) is 6.72. The van der Waals surface area contributed by atoms with E-state index in [2.05, 4.69) is 91.0 Å². The molecule has 0 saturated carbocycles. The zero-order valence-electron chi connectivity index (χ0n) is 25.8. The van der Waals surface area contributed by atoms with E-state index >= 15 is 0 Å². The summed E-state index contributed by atoms with van der Waals surface area (Å²) in [6.45, 7) is 9.04. The summed E-state index contributed by atoms with van der Waals surface area (Å²) >= 11 is 0. The second-order valence-electron chi connectivity index (χ2n) is 9.47. The van der Waals surface area contributed by atoms with Crippen LogP contribution < -0.4 is 66.9 Å². The first-order valence-electron chi connectivity index (χ1n) is 15.0. The third-order valence-corrected chi connectivity index (χ3v) is 8.98. The molecule has 0 aliphatic carbocycles. The summed E-state index contributed by atoms with van der Waals surface area (Å²) in [5.41, 5.74) is 0. The van der Waals surface area contributed by atoms with Gasteiger partial charge in [-0.25, -0.2) is 8.80 Å². The van der Waals surface area contributed by atoms with E-state index in [9.17, 15) is 0 Å². The van der Waals surface area contributed by atoms with Crippen LogP contribution in [0.4, 0.5) is 0 Å². The van der Waals surface area contributed by atoms with Gasteiger partial charge in [0.15, 0.2) is 0 Å². The molecule has 5 rings (SSSR count). The van der Waals surface area contributed by atoms with Crippen LogP contribution in [-0.4, -0.2) is 101 Å². The van der Waals surface area contributed by atoms with Crippen molar-refractivity contribution in [2.24, 2.45) is 0 Å². The molecule has 2 fully saturated rings. The van der Waals surface area contributed by atoms with Crippen molar-refractivity contribution in [3.8, 4) is 0 Å². The molecule has 230 valence electrons. The molecular formula is C34H47KO7Si. The van der Waals surface area contributed by atoms with Crippen molar-refractivity contribution in [2.45, 2.75) is 12.8 Å². The summed E-state index contributed by atoms with van der Waals surface area (Å²) in [7, 11) is -0.877. The van der Waals surface area contributed by atoms with E-state index in [4.69, 9.17) is 33.2 Å². The van der Waals surface area contributed by atoms with E-state index in [0.29, 0.717) is 79.3 Å². The van der Waals surface area contributed by atoms with Gasteiger partial charge in [-0.1, -0.05) is 91.0 Å². The van der Waals surface area contributed by atoms with E-state index in [0.717, 1.165) is 13.2 Å². The van der Waals surface area contributed by atoms with Crippen LogP contribution >= 0.6 is 0 Å². The minimum absolute atomic E-state index is 0. The maximum Gasteiger partial charge on any atom is 1.00 e. The Morgan fingerprint density at radius 2 is 0.512 bits per heavy atom. The predicted octanol–water partition coefficient (Wildman–Crippen LogP) is 0.103. The van der Waals surface area contributed by atoms with Gasteiger partial charge in [0, 0.05) is 13.2 Å². The van der Waals surface area contributed by atoms with E-state index in [-0.39, 0.29) is 51.4 Å². The molecule has 0 amide bonds. The molecule has 43 heavy (non-hydrogen) atoms. The van der Waals surface area contributed by atoms with Crippen molar-refractivity contribution in [2.75, 3.05) is 92.5 Å². The molecule has 3 aromatic carbocycles. The van der Waals surface area contributed by atoms with E-state index in [1.807, 2.05) is 0 Å². The number of benzene rings is 3. The van der Waals surface area contributed by atoms with Crippen LogP contribution in [0.15, 0.2) is 91.0 Å². The zero-order valence-corrected chi connectivity index (χ0v) is 30.0. The summed E-state index contributed by atoms with van der Waals surface area (Å²) in [6, 6.07) is 32.5. The monoisotopic (exact) mass is 634 g/mol. The van der Waals surface area contributed by atoms with Crippen LogP contribution in [0.3, 0.4) is 0 Å². The van der Waals surface area contributed by atoms with Gasteiger partial charge in [-0.2, -0.15) is 15.6 Å². The summed E-state index contributed by atoms with van der Waals surface area (Å²) in [5, 5.41) is 4.31. The Hall–Kier alpha value is -0.767. The topological polar surface area (TPSA) is 64.6 Å². The fraction of sp³-hybridized carbons (Fsp3) is 0.471. The average Bonchev–Trinajstić information content (AvgIpc) is 3.64. The Morgan fingerprint density at radius 1 is 0.302 bits per heavy atom. The molecule has 2 saturated heterocycles. The Balaban J connectivity index is 0.000000253. The molecule has 2 heterocycles. The Bertz CT molecular complexity index is 821. The standard InChI is InChI=1S/C18H15Si.C12H24O6.C4H8O.K/c1-4-10-16(11-5-1)19(17-12-6-2-7-13-17)18-14-8-3-9-15-18;1-2-14-5-6-16-9-10-18-12-11-17-8-7-15-4-3-13-1;1-2-4-5-3-1;/h1-15H;1-12H2;1-4H2;/q-1;;;+1. The number of rotatable bonds is 3. The molecule has 9 heteroatoms. The number of hydrogen-bond donors (Lipinski definition) is 0. The molecular weight excluding hydrogens is 588 g/mol. The molecule has 0 aromatic heterocycles. The van der Waals surface area contributed by atoms with E-state index in [1.54, 1.807) is 0 Å². The Labute approximate surface area is 302 Å². The van der Waals surface area contributed by atoms with Crippen LogP contribution in [0.25, 0.3) is 0 Å². The largest absolute Gasteiger partial charge is 1.00 e. The summed E-state index contributed by atoms with van der Waals surface area (Å²) in [4.78, 5) is 0. The van der Waals surface area contributed by atoms with Crippen molar-refractivity contribution < 1.29 is 84.5 Å². The molecule has 2 aliphatic rings. The quantitative estimate of drug-likeness (QED) is 0.300. The third kappa shape index (κ3) is 18.7. The molecule has 7 nitrogen and oxygen atoms in total. The van der Waals surface area contributed by atoms with Crippen molar-refractivity contribution in [1.29, 1.82) is 0 Å². The Kier molecular flexibility index (Phi) is 24.6. The summed E-state index contributed by atoms with van der Waals surface area (Å²) in [5.74, 6) is 0. The van der Waals surface area contributed by atoms with Gasteiger partial charge in [-0.15, -0.1) is 0 Å². The first-order chi connectivity index (χ1) is 20.9. The van der Waals surface area contributed by atoms with Gasteiger partial charge in [0.1, 0.15) is 0 Å². The maximum atomic E-state index is 5.33. The minimum Gasteiger partial charge on any atom is -0.381 e. The number of ether oxygens (including phenoxy) is 7. The SMILES string of the molecule is C1CCOC1.C1COCCOCCOCCOCCOCCO1.[K+].c1ccc([Si-](c2ccccc2)c2ccccc2)cc1. The summed E-state index contributed by atoms with van der Waals surface area (Å²) in [6.07, 6.45) is 2.56. The second-order valence-corrected chi connectivity index (χ2v) is 11.9. The van der Waals surface area contributed by atoms with Crippen molar-refractivity contribution in [3.63, 3.8) is 0 Å².